The van der Waals surface area contributed by atoms with Gasteiger partial charge in [-0.3, -0.25) is 4.79 Å². The average Bonchev–Trinajstić information content (AvgIpc) is 3.46. The van der Waals surface area contributed by atoms with E-state index in [0.29, 0.717) is 60.3 Å². The minimum absolute atomic E-state index is 0.0128. The number of allylic oxidation sites excluding steroid dienone is 4. The number of benzene rings is 1. The first-order valence-electron chi connectivity index (χ1n) is 23.4. The maximum atomic E-state index is 15.1. The topological polar surface area (TPSA) is 96.3 Å². The van der Waals surface area contributed by atoms with Gasteiger partial charge in [0.2, 0.25) is 0 Å². The van der Waals surface area contributed by atoms with Crippen LogP contribution in [0.5, 0.6) is 5.75 Å². The zero-order valence-corrected chi connectivity index (χ0v) is 36.9. The van der Waals surface area contributed by atoms with Gasteiger partial charge < -0.3 is 24.6 Å². The van der Waals surface area contributed by atoms with E-state index in [0.717, 1.165) is 62.9 Å². The predicted molar refractivity (Wildman–Crippen MR) is 227 cm³/mol. The molecule has 7 heteroatoms. The van der Waals surface area contributed by atoms with Gasteiger partial charge in [-0.1, -0.05) is 73.1 Å². The second-order valence-electron chi connectivity index (χ2n) is 22.7. The first-order valence-corrected chi connectivity index (χ1v) is 23.4. The monoisotopic (exact) mass is 796 g/mol. The molecule has 10 aliphatic rings. The van der Waals surface area contributed by atoms with E-state index in [9.17, 15) is 15.0 Å². The van der Waals surface area contributed by atoms with E-state index < -0.39 is 27.9 Å². The highest BCUT2D eigenvalue weighted by molar-refractivity contribution is 6.10. The van der Waals surface area contributed by atoms with Crippen molar-refractivity contribution >= 4 is 11.9 Å². The van der Waals surface area contributed by atoms with E-state index in [-0.39, 0.29) is 47.2 Å². The summed E-state index contributed by atoms with van der Waals surface area (Å²) in [5, 5.41) is 24.6. The summed E-state index contributed by atoms with van der Waals surface area (Å²) in [6.07, 6.45) is 18.5. The highest BCUT2D eigenvalue weighted by Crippen LogP contribution is 2.78. The van der Waals surface area contributed by atoms with Crippen molar-refractivity contribution in [2.75, 3.05) is 20.2 Å². The van der Waals surface area contributed by atoms with Crippen LogP contribution in [-0.4, -0.2) is 65.0 Å². The number of hydrogen-bond acceptors (Lipinski definition) is 6. The van der Waals surface area contributed by atoms with Gasteiger partial charge in [-0.15, -0.1) is 0 Å². The second-order valence-corrected chi connectivity index (χ2v) is 22.7. The molecule has 318 valence electrons. The lowest BCUT2D eigenvalue weighted by molar-refractivity contribution is -0.177. The number of Topliss-reactive ketones (excluding diaryl/α,β-unsaturated/α-hetero) is 1. The van der Waals surface area contributed by atoms with Crippen molar-refractivity contribution < 1.29 is 29.3 Å². The average molecular weight is 796 g/mol. The fourth-order valence-electron chi connectivity index (χ4n) is 15.9. The quantitative estimate of drug-likeness (QED) is 0.191. The number of methoxy groups -OCH3 is 1. The van der Waals surface area contributed by atoms with Gasteiger partial charge in [0.25, 0.3) is 0 Å². The first kappa shape index (κ1) is 40.7. The van der Waals surface area contributed by atoms with Crippen molar-refractivity contribution in [3.63, 3.8) is 0 Å². The van der Waals surface area contributed by atoms with Crippen molar-refractivity contribution in [2.24, 2.45) is 74.4 Å². The number of carbonyl (C=O) groups excluding carboxylic acids is 2. The number of rotatable bonds is 9. The van der Waals surface area contributed by atoms with E-state index in [1.54, 1.807) is 7.11 Å². The number of hydrogen-bond donors (Lipinski definition) is 2. The fourth-order valence-corrected chi connectivity index (χ4v) is 15.9. The van der Waals surface area contributed by atoms with E-state index in [4.69, 9.17) is 9.47 Å². The Morgan fingerprint density at radius 1 is 0.879 bits per heavy atom. The lowest BCUT2D eigenvalue weighted by Crippen LogP contribution is -2.67. The number of fused-ring (bicyclic) bond motifs is 3. The third-order valence-electron chi connectivity index (χ3n) is 19.7. The van der Waals surface area contributed by atoms with Crippen LogP contribution in [-0.2, 0) is 4.74 Å². The number of carbonyl (C=O) groups is 2. The van der Waals surface area contributed by atoms with Crippen LogP contribution in [0.2, 0.25) is 0 Å². The Morgan fingerprint density at radius 3 is 2.28 bits per heavy atom. The van der Waals surface area contributed by atoms with Gasteiger partial charge in [0.05, 0.1) is 25.4 Å². The van der Waals surface area contributed by atoms with Crippen molar-refractivity contribution in [2.45, 2.75) is 150 Å². The van der Waals surface area contributed by atoms with E-state index in [1.165, 1.54) is 19.3 Å². The summed E-state index contributed by atoms with van der Waals surface area (Å²) in [6, 6.07) is 7.51. The van der Waals surface area contributed by atoms with Crippen LogP contribution in [0.15, 0.2) is 48.1 Å². The van der Waals surface area contributed by atoms with Gasteiger partial charge >= 0.3 is 6.09 Å². The Hall–Kier alpha value is -2.64. The molecule has 0 aromatic heterocycles. The molecular formula is C51H73NO6. The largest absolute Gasteiger partial charge is 0.497 e. The highest BCUT2D eigenvalue weighted by Gasteiger charge is 2.74. The molecule has 2 N–H and O–H groups in total. The van der Waals surface area contributed by atoms with Crippen LogP contribution < -0.4 is 4.74 Å². The molecule has 1 aromatic rings. The standard InChI is InChI=1S/C51H73NO6/c1-31(2)38-16-9-32(3)25-41(38)58-45(55)52(29-34-10-13-35-26-39(34)46(35,4)5)30-50(56)22-19-43-48(50,7)21-18-42-47(6)20-17-36(53)27-49(47)23-24-51(42,43)40(28-49)44(54)33-11-14-37(57-8)15-12-33/h11-12,14-15,23-24,28,31-32,34-36,38-39,41-43,53,56H,9-10,13,16-22,25-27,29-30H2,1-8H3/t32-,34-,35-,36?,38+,39-,41-,42+,43+,47+,48-,49-,50+,51+/m0/s1. The minimum atomic E-state index is -1.14. The smallest absolute Gasteiger partial charge is 0.410 e. The summed E-state index contributed by atoms with van der Waals surface area (Å²) < 4.78 is 12.1. The molecule has 0 radical (unpaired) electrons. The van der Waals surface area contributed by atoms with Gasteiger partial charge in [-0.2, -0.15) is 0 Å². The van der Waals surface area contributed by atoms with Crippen LogP contribution in [0.4, 0.5) is 4.79 Å². The molecular weight excluding hydrogens is 723 g/mol. The summed E-state index contributed by atoms with van der Waals surface area (Å²) in [5.74, 6) is 4.04. The number of ketones is 1. The van der Waals surface area contributed by atoms with Crippen molar-refractivity contribution in [1.82, 2.24) is 4.90 Å². The SMILES string of the molecule is COc1ccc(C(=O)C2=C[C@@]34C=C[C@@]25[C@@H]2CC[C@@](O)(CN(C[C@@H]6CC[C@H]7C[C@@H]6C7(C)C)C(=O)O[C@H]6C[C@@H](C)CC[C@@H]6C(C)C)[C@@]2(C)CC[C@@H]5[C@@]3(C)CCC(O)C4)cc1. The van der Waals surface area contributed by atoms with Gasteiger partial charge in [0.15, 0.2) is 5.78 Å². The molecule has 58 heavy (non-hydrogen) atoms. The predicted octanol–water partition coefficient (Wildman–Crippen LogP) is 10.4. The zero-order valence-electron chi connectivity index (χ0n) is 36.9. The Labute approximate surface area is 348 Å². The Bertz CT molecular complexity index is 1850. The van der Waals surface area contributed by atoms with Crippen molar-refractivity contribution in [1.29, 1.82) is 0 Å². The molecule has 14 atom stereocenters. The Morgan fingerprint density at radius 2 is 1.59 bits per heavy atom. The second kappa shape index (κ2) is 13.9. The van der Waals surface area contributed by atoms with Crippen LogP contribution in [0.3, 0.4) is 0 Å². The lowest BCUT2D eigenvalue weighted by Gasteiger charge is -2.71. The Kier molecular flexibility index (Phi) is 9.80. The minimum Gasteiger partial charge on any atom is -0.497 e. The molecule has 7 saturated carbocycles. The zero-order chi connectivity index (χ0) is 41.2. The molecule has 11 rings (SSSR count). The molecule has 1 amide bonds. The summed E-state index contributed by atoms with van der Waals surface area (Å²) >= 11 is 0. The molecule has 2 spiro atoms. The summed E-state index contributed by atoms with van der Waals surface area (Å²) in [6.45, 7) is 17.3. The van der Waals surface area contributed by atoms with Crippen molar-refractivity contribution in [3.8, 4) is 5.75 Å². The maximum absolute atomic E-state index is 15.1. The third-order valence-corrected chi connectivity index (χ3v) is 19.7. The molecule has 0 aliphatic heterocycles. The van der Waals surface area contributed by atoms with Gasteiger partial charge in [0, 0.05) is 33.9 Å². The maximum Gasteiger partial charge on any atom is 0.410 e. The Balaban J connectivity index is 1.08. The molecule has 4 bridgehead atoms. The number of aliphatic hydroxyl groups is 2. The number of amides is 1. The fraction of sp³-hybridized carbons (Fsp3) is 0.765. The molecule has 7 nitrogen and oxygen atoms in total. The molecule has 1 unspecified atom stereocenters. The van der Waals surface area contributed by atoms with Crippen LogP contribution in [0, 0.1) is 74.4 Å². The van der Waals surface area contributed by atoms with E-state index >= 15 is 4.79 Å². The number of ether oxygens (including phenoxy) is 2. The molecule has 7 fully saturated rings. The van der Waals surface area contributed by atoms with Crippen molar-refractivity contribution in [3.05, 3.63) is 53.6 Å². The molecule has 0 saturated heterocycles. The van der Waals surface area contributed by atoms with Gasteiger partial charge in [-0.05, 0) is 159 Å². The normalized spacial score (nSPS) is 45.6. The first-order chi connectivity index (χ1) is 27.4. The van der Waals surface area contributed by atoms with Gasteiger partial charge in [-0.25, -0.2) is 4.79 Å². The van der Waals surface area contributed by atoms with Crippen LogP contribution in [0.1, 0.15) is 142 Å². The summed E-state index contributed by atoms with van der Waals surface area (Å²) in [4.78, 5) is 31.9. The van der Waals surface area contributed by atoms with Crippen LogP contribution >= 0.6 is 0 Å². The molecule has 1 aromatic carbocycles. The molecule has 10 aliphatic carbocycles. The van der Waals surface area contributed by atoms with E-state index in [2.05, 4.69) is 66.7 Å². The summed E-state index contributed by atoms with van der Waals surface area (Å²) in [5.41, 5.74) is -0.961. The van der Waals surface area contributed by atoms with Gasteiger partial charge in [0.1, 0.15) is 11.9 Å². The van der Waals surface area contributed by atoms with Crippen LogP contribution in [0.25, 0.3) is 0 Å². The third kappa shape index (κ3) is 5.76. The summed E-state index contributed by atoms with van der Waals surface area (Å²) in [7, 11) is 1.64. The number of aliphatic hydroxyl groups excluding tert-OH is 1. The molecule has 0 heterocycles. The highest BCUT2D eigenvalue weighted by atomic mass is 16.6. The van der Waals surface area contributed by atoms with E-state index in [1.807, 2.05) is 29.2 Å². The number of nitrogens with zero attached hydrogens (tertiary/aromatic N) is 1. The lowest BCUT2D eigenvalue weighted by atomic mass is 9.32.